The largest absolute Gasteiger partial charge is 0.481 e. The third kappa shape index (κ3) is 2.96. The second-order valence-corrected chi connectivity index (χ2v) is 6.08. The number of carboxylic acid groups (broad SMARTS) is 1. The molecule has 1 atom stereocenters. The summed E-state index contributed by atoms with van der Waals surface area (Å²) in [5.74, 6) is -1.12. The number of carboxylic acids is 1. The Hall–Kier alpha value is -2.48. The molecule has 128 valence electrons. The SMILES string of the molecule is Cc1cc(C)n2nc(C)c(C(=O)N3CCO[C@H](CC(=O)O)C3)c2n1. The summed E-state index contributed by atoms with van der Waals surface area (Å²) in [4.78, 5) is 29.9. The van der Waals surface area contributed by atoms with Gasteiger partial charge in [0, 0.05) is 24.5 Å². The van der Waals surface area contributed by atoms with E-state index >= 15 is 0 Å². The molecular formula is C16H20N4O4. The van der Waals surface area contributed by atoms with Gasteiger partial charge in [-0.15, -0.1) is 0 Å². The number of aryl methyl sites for hydroxylation is 3. The Kier molecular flexibility index (Phi) is 4.23. The Bertz CT molecular complexity index is 814. The third-order valence-electron chi connectivity index (χ3n) is 4.11. The van der Waals surface area contributed by atoms with Gasteiger partial charge in [-0.2, -0.15) is 5.10 Å². The van der Waals surface area contributed by atoms with Crippen LogP contribution in [0.2, 0.25) is 0 Å². The number of morpholine rings is 1. The minimum Gasteiger partial charge on any atom is -0.481 e. The van der Waals surface area contributed by atoms with Crippen LogP contribution in [0.1, 0.15) is 33.9 Å². The normalized spacial score (nSPS) is 18.1. The van der Waals surface area contributed by atoms with E-state index in [-0.39, 0.29) is 18.9 Å². The number of rotatable bonds is 3. The van der Waals surface area contributed by atoms with Crippen LogP contribution in [0.25, 0.3) is 5.65 Å². The average Bonchev–Trinajstić information content (AvgIpc) is 2.82. The summed E-state index contributed by atoms with van der Waals surface area (Å²) in [5, 5.41) is 13.3. The van der Waals surface area contributed by atoms with E-state index in [1.165, 1.54) is 0 Å². The van der Waals surface area contributed by atoms with E-state index in [4.69, 9.17) is 9.84 Å². The first-order chi connectivity index (χ1) is 11.4. The van der Waals surface area contributed by atoms with E-state index in [2.05, 4.69) is 10.1 Å². The van der Waals surface area contributed by atoms with Crippen LogP contribution in [-0.2, 0) is 9.53 Å². The number of fused-ring (bicyclic) bond motifs is 1. The number of hydrogen-bond donors (Lipinski definition) is 1. The Morgan fingerprint density at radius 2 is 2.12 bits per heavy atom. The van der Waals surface area contributed by atoms with Gasteiger partial charge in [-0.25, -0.2) is 9.50 Å². The minimum absolute atomic E-state index is 0.117. The number of carbonyl (C=O) groups excluding carboxylic acids is 1. The summed E-state index contributed by atoms with van der Waals surface area (Å²) >= 11 is 0. The Balaban J connectivity index is 1.94. The zero-order valence-electron chi connectivity index (χ0n) is 13.9. The molecule has 1 N–H and O–H groups in total. The predicted molar refractivity (Wildman–Crippen MR) is 85.1 cm³/mol. The van der Waals surface area contributed by atoms with Gasteiger partial charge in [0.2, 0.25) is 0 Å². The van der Waals surface area contributed by atoms with Crippen molar-refractivity contribution in [3.05, 3.63) is 28.7 Å². The Morgan fingerprint density at radius 1 is 1.38 bits per heavy atom. The van der Waals surface area contributed by atoms with E-state index in [1.54, 1.807) is 16.3 Å². The summed E-state index contributed by atoms with van der Waals surface area (Å²) < 4.78 is 7.10. The van der Waals surface area contributed by atoms with Gasteiger partial charge in [-0.05, 0) is 26.8 Å². The molecule has 0 bridgehead atoms. The van der Waals surface area contributed by atoms with Gasteiger partial charge < -0.3 is 14.7 Å². The first-order valence-corrected chi connectivity index (χ1v) is 7.83. The summed E-state index contributed by atoms with van der Waals surface area (Å²) in [5.41, 5.74) is 3.35. The van der Waals surface area contributed by atoms with Crippen molar-refractivity contribution in [2.75, 3.05) is 19.7 Å². The monoisotopic (exact) mass is 332 g/mol. The second kappa shape index (κ2) is 6.20. The highest BCUT2D eigenvalue weighted by Crippen LogP contribution is 2.20. The highest BCUT2D eigenvalue weighted by Gasteiger charge is 2.30. The van der Waals surface area contributed by atoms with Gasteiger partial charge in [-0.3, -0.25) is 9.59 Å². The molecule has 0 aliphatic carbocycles. The van der Waals surface area contributed by atoms with Gasteiger partial charge in [-0.1, -0.05) is 0 Å². The first-order valence-electron chi connectivity index (χ1n) is 7.83. The van der Waals surface area contributed by atoms with Crippen molar-refractivity contribution in [2.24, 2.45) is 0 Å². The molecule has 8 nitrogen and oxygen atoms in total. The highest BCUT2D eigenvalue weighted by molar-refractivity contribution is 6.01. The molecule has 0 radical (unpaired) electrons. The van der Waals surface area contributed by atoms with Gasteiger partial charge >= 0.3 is 5.97 Å². The minimum atomic E-state index is -0.936. The Morgan fingerprint density at radius 3 is 2.83 bits per heavy atom. The lowest BCUT2D eigenvalue weighted by atomic mass is 10.1. The van der Waals surface area contributed by atoms with Crippen molar-refractivity contribution < 1.29 is 19.4 Å². The molecule has 1 fully saturated rings. The molecule has 2 aromatic heterocycles. The number of amides is 1. The molecule has 3 rings (SSSR count). The van der Waals surface area contributed by atoms with Gasteiger partial charge in [0.1, 0.15) is 5.56 Å². The first kappa shape index (κ1) is 16.4. The van der Waals surface area contributed by atoms with E-state index in [0.717, 1.165) is 11.4 Å². The van der Waals surface area contributed by atoms with Crippen LogP contribution in [0.15, 0.2) is 6.07 Å². The number of aliphatic carboxylic acids is 1. The average molecular weight is 332 g/mol. The van der Waals surface area contributed by atoms with Crippen LogP contribution in [-0.4, -0.2) is 62.3 Å². The van der Waals surface area contributed by atoms with E-state index in [1.807, 2.05) is 19.9 Å². The number of nitrogens with zero attached hydrogens (tertiary/aromatic N) is 4. The smallest absolute Gasteiger partial charge is 0.306 e. The van der Waals surface area contributed by atoms with Gasteiger partial charge in [0.15, 0.2) is 5.65 Å². The van der Waals surface area contributed by atoms with Crippen molar-refractivity contribution in [1.29, 1.82) is 0 Å². The molecule has 0 aromatic carbocycles. The molecule has 0 saturated carbocycles. The number of hydrogen-bond acceptors (Lipinski definition) is 5. The van der Waals surface area contributed by atoms with Crippen molar-refractivity contribution in [2.45, 2.75) is 33.3 Å². The summed E-state index contributed by atoms with van der Waals surface area (Å²) in [6.07, 6.45) is -0.604. The summed E-state index contributed by atoms with van der Waals surface area (Å²) in [7, 11) is 0. The fraction of sp³-hybridized carbons (Fsp3) is 0.500. The zero-order chi connectivity index (χ0) is 17.4. The van der Waals surface area contributed by atoms with Gasteiger partial charge in [0.25, 0.3) is 5.91 Å². The van der Waals surface area contributed by atoms with E-state index in [0.29, 0.717) is 30.1 Å². The van der Waals surface area contributed by atoms with Crippen LogP contribution in [0.3, 0.4) is 0 Å². The quantitative estimate of drug-likeness (QED) is 0.899. The number of carbonyl (C=O) groups is 2. The van der Waals surface area contributed by atoms with Crippen molar-refractivity contribution >= 4 is 17.5 Å². The summed E-state index contributed by atoms with van der Waals surface area (Å²) in [6.45, 7) is 6.59. The molecule has 24 heavy (non-hydrogen) atoms. The maximum atomic E-state index is 13.0. The molecule has 0 unspecified atom stereocenters. The third-order valence-corrected chi connectivity index (χ3v) is 4.11. The fourth-order valence-electron chi connectivity index (χ4n) is 3.06. The molecular weight excluding hydrogens is 312 g/mol. The molecule has 3 heterocycles. The molecule has 0 spiro atoms. The molecule has 8 heteroatoms. The maximum absolute atomic E-state index is 13.0. The summed E-state index contributed by atoms with van der Waals surface area (Å²) in [6, 6.07) is 1.91. The van der Waals surface area contributed by atoms with Crippen LogP contribution in [0.4, 0.5) is 0 Å². The van der Waals surface area contributed by atoms with Crippen LogP contribution in [0, 0.1) is 20.8 Å². The lowest BCUT2D eigenvalue weighted by Crippen LogP contribution is -2.46. The lowest BCUT2D eigenvalue weighted by molar-refractivity contribution is -0.141. The topological polar surface area (TPSA) is 97.0 Å². The van der Waals surface area contributed by atoms with Crippen LogP contribution in [0.5, 0.6) is 0 Å². The molecule has 1 aliphatic rings. The zero-order valence-corrected chi connectivity index (χ0v) is 13.9. The Labute approximate surface area is 139 Å². The lowest BCUT2D eigenvalue weighted by Gasteiger charge is -2.32. The number of aromatic nitrogens is 3. The number of ether oxygens (including phenoxy) is 1. The van der Waals surface area contributed by atoms with Crippen molar-refractivity contribution in [3.63, 3.8) is 0 Å². The van der Waals surface area contributed by atoms with Crippen LogP contribution >= 0.6 is 0 Å². The molecule has 1 amide bonds. The van der Waals surface area contributed by atoms with Gasteiger partial charge in [0.05, 0.1) is 24.8 Å². The second-order valence-electron chi connectivity index (χ2n) is 6.08. The van der Waals surface area contributed by atoms with Crippen molar-refractivity contribution in [3.8, 4) is 0 Å². The molecule has 2 aromatic rings. The maximum Gasteiger partial charge on any atom is 0.306 e. The van der Waals surface area contributed by atoms with Crippen molar-refractivity contribution in [1.82, 2.24) is 19.5 Å². The molecule has 1 saturated heterocycles. The predicted octanol–water partition coefficient (Wildman–Crippen LogP) is 0.970. The molecule has 1 aliphatic heterocycles. The van der Waals surface area contributed by atoms with Crippen LogP contribution < -0.4 is 0 Å². The highest BCUT2D eigenvalue weighted by atomic mass is 16.5. The van der Waals surface area contributed by atoms with E-state index < -0.39 is 12.1 Å². The van der Waals surface area contributed by atoms with E-state index in [9.17, 15) is 9.59 Å². The fourth-order valence-corrected chi connectivity index (χ4v) is 3.06. The standard InChI is InChI=1S/C16H20N4O4/c1-9-6-10(2)20-15(17-9)14(11(3)18-20)16(23)19-4-5-24-12(8-19)7-13(21)22/h6,12H,4-5,7-8H2,1-3H3,(H,21,22)/t12-/m1/s1.